The second kappa shape index (κ2) is 7.12. The fraction of sp³-hybridized carbons (Fsp3) is 0.350. The van der Waals surface area contributed by atoms with E-state index in [1.807, 2.05) is 47.8 Å². The maximum Gasteiger partial charge on any atom is 0.247 e. The summed E-state index contributed by atoms with van der Waals surface area (Å²) in [7, 11) is 0. The molecule has 1 fully saturated rings. The number of nitrogens with zero attached hydrogens (tertiary/aromatic N) is 4. The van der Waals surface area contributed by atoms with Crippen LogP contribution in [0, 0.1) is 12.8 Å². The summed E-state index contributed by atoms with van der Waals surface area (Å²) >= 11 is 0. The van der Waals surface area contributed by atoms with Gasteiger partial charge < -0.3 is 15.4 Å². The average molecular weight is 377 g/mol. The number of H-pyrrole nitrogens is 1. The Bertz CT molecular complexity index is 1110. The van der Waals surface area contributed by atoms with E-state index in [9.17, 15) is 0 Å². The number of benzene rings is 1. The number of aromatic nitrogens is 5. The highest BCUT2D eigenvalue weighted by molar-refractivity contribution is 5.85. The van der Waals surface area contributed by atoms with Gasteiger partial charge in [0.1, 0.15) is 5.82 Å². The van der Waals surface area contributed by atoms with Gasteiger partial charge in [0.25, 0.3) is 0 Å². The lowest BCUT2D eigenvalue weighted by molar-refractivity contribution is 0.0699. The number of aromatic amines is 1. The van der Waals surface area contributed by atoms with Crippen LogP contribution in [0.2, 0.25) is 0 Å². The monoisotopic (exact) mass is 377 g/mol. The van der Waals surface area contributed by atoms with Crippen molar-refractivity contribution in [2.75, 3.05) is 30.4 Å². The Labute approximate surface area is 162 Å². The second-order valence-corrected chi connectivity index (χ2v) is 7.26. The number of fused-ring (bicyclic) bond motifs is 2. The van der Waals surface area contributed by atoms with Gasteiger partial charge in [0.2, 0.25) is 5.95 Å². The van der Waals surface area contributed by atoms with Gasteiger partial charge in [-0.3, -0.25) is 5.10 Å². The zero-order valence-electron chi connectivity index (χ0n) is 15.8. The van der Waals surface area contributed by atoms with Crippen molar-refractivity contribution in [2.24, 2.45) is 5.92 Å². The van der Waals surface area contributed by atoms with E-state index in [0.717, 1.165) is 66.3 Å². The van der Waals surface area contributed by atoms with Gasteiger partial charge in [-0.1, -0.05) is 6.07 Å². The third-order valence-electron chi connectivity index (χ3n) is 5.27. The lowest BCUT2D eigenvalue weighted by Gasteiger charge is -2.22. The van der Waals surface area contributed by atoms with Crippen molar-refractivity contribution in [1.29, 1.82) is 0 Å². The van der Waals surface area contributed by atoms with Gasteiger partial charge in [0, 0.05) is 36.5 Å². The molecule has 144 valence electrons. The molecule has 1 saturated heterocycles. The third-order valence-corrected chi connectivity index (χ3v) is 5.27. The van der Waals surface area contributed by atoms with Crippen molar-refractivity contribution >= 4 is 34.0 Å². The normalized spacial score (nSPS) is 15.3. The SMILES string of the molecule is Cc1[nH]nc2cc(Nc3nc4cccc(NCC5CCOCC5)n4n3)ccc12. The Morgan fingerprint density at radius 2 is 2.11 bits per heavy atom. The molecule has 0 spiro atoms. The summed E-state index contributed by atoms with van der Waals surface area (Å²) < 4.78 is 7.29. The first-order valence-corrected chi connectivity index (χ1v) is 9.65. The molecule has 0 saturated carbocycles. The van der Waals surface area contributed by atoms with Crippen molar-refractivity contribution in [1.82, 2.24) is 24.8 Å². The predicted octanol–water partition coefficient (Wildman–Crippen LogP) is 3.50. The summed E-state index contributed by atoms with van der Waals surface area (Å²) in [5.41, 5.74) is 3.69. The minimum absolute atomic E-state index is 0.562. The molecular formula is C20H23N7O. The number of hydrogen-bond acceptors (Lipinski definition) is 6. The Balaban J connectivity index is 1.36. The number of nitrogens with one attached hydrogen (secondary N) is 3. The van der Waals surface area contributed by atoms with Crippen molar-refractivity contribution in [3.8, 4) is 0 Å². The van der Waals surface area contributed by atoms with E-state index in [-0.39, 0.29) is 0 Å². The van der Waals surface area contributed by atoms with Crippen LogP contribution >= 0.6 is 0 Å². The number of rotatable bonds is 5. The average Bonchev–Trinajstić information content (AvgIpc) is 3.30. The van der Waals surface area contributed by atoms with Gasteiger partial charge in [0.15, 0.2) is 5.65 Å². The Kier molecular flexibility index (Phi) is 4.32. The molecule has 1 aliphatic heterocycles. The smallest absolute Gasteiger partial charge is 0.247 e. The molecule has 0 bridgehead atoms. The Morgan fingerprint density at radius 3 is 3.00 bits per heavy atom. The first-order chi connectivity index (χ1) is 13.8. The molecule has 4 heterocycles. The van der Waals surface area contributed by atoms with Gasteiger partial charge in [-0.25, -0.2) is 0 Å². The van der Waals surface area contributed by atoms with Crippen molar-refractivity contribution in [3.05, 3.63) is 42.1 Å². The zero-order chi connectivity index (χ0) is 18.9. The summed E-state index contributed by atoms with van der Waals surface area (Å²) in [5.74, 6) is 2.14. The van der Waals surface area contributed by atoms with Crippen LogP contribution < -0.4 is 10.6 Å². The topological polar surface area (TPSA) is 92.2 Å². The van der Waals surface area contributed by atoms with Crippen LogP contribution in [0.15, 0.2) is 36.4 Å². The molecule has 8 nitrogen and oxygen atoms in total. The van der Waals surface area contributed by atoms with Crippen LogP contribution in [0.3, 0.4) is 0 Å². The lowest BCUT2D eigenvalue weighted by atomic mass is 10.0. The molecular weight excluding hydrogens is 354 g/mol. The highest BCUT2D eigenvalue weighted by Gasteiger charge is 2.14. The minimum Gasteiger partial charge on any atom is -0.381 e. The van der Waals surface area contributed by atoms with E-state index in [1.165, 1.54) is 0 Å². The molecule has 0 amide bonds. The molecule has 0 radical (unpaired) electrons. The van der Waals surface area contributed by atoms with Gasteiger partial charge in [-0.2, -0.15) is 14.6 Å². The van der Waals surface area contributed by atoms with E-state index in [4.69, 9.17) is 4.74 Å². The van der Waals surface area contributed by atoms with Crippen LogP contribution in [0.5, 0.6) is 0 Å². The minimum atomic E-state index is 0.562. The van der Waals surface area contributed by atoms with E-state index in [2.05, 4.69) is 30.9 Å². The van der Waals surface area contributed by atoms with Crippen LogP contribution in [0.25, 0.3) is 16.6 Å². The van der Waals surface area contributed by atoms with E-state index >= 15 is 0 Å². The molecule has 28 heavy (non-hydrogen) atoms. The highest BCUT2D eigenvalue weighted by Crippen LogP contribution is 2.23. The Hall–Kier alpha value is -3.13. The van der Waals surface area contributed by atoms with Gasteiger partial charge in [-0.15, -0.1) is 5.10 Å². The van der Waals surface area contributed by atoms with Crippen LogP contribution in [0.4, 0.5) is 17.5 Å². The molecule has 0 aliphatic carbocycles. The standard InChI is InChI=1S/C20H23N7O/c1-13-16-6-5-15(11-17(16)25-24-13)22-20-23-19-4-2-3-18(27(19)26-20)21-12-14-7-9-28-10-8-14/h2-6,11,14,21H,7-10,12H2,1H3,(H,22,26)(H,24,25). The zero-order valence-corrected chi connectivity index (χ0v) is 15.8. The van der Waals surface area contributed by atoms with Crippen molar-refractivity contribution in [3.63, 3.8) is 0 Å². The van der Waals surface area contributed by atoms with Crippen LogP contribution in [0.1, 0.15) is 18.5 Å². The van der Waals surface area contributed by atoms with E-state index in [1.54, 1.807) is 0 Å². The van der Waals surface area contributed by atoms with Crippen molar-refractivity contribution in [2.45, 2.75) is 19.8 Å². The molecule has 1 aromatic carbocycles. The molecule has 0 unspecified atom stereocenters. The first-order valence-electron chi connectivity index (χ1n) is 9.65. The quantitative estimate of drug-likeness (QED) is 0.493. The number of anilines is 3. The molecule has 3 aromatic heterocycles. The summed E-state index contributed by atoms with van der Waals surface area (Å²) in [5, 5.41) is 19.9. The summed E-state index contributed by atoms with van der Waals surface area (Å²) in [6, 6.07) is 12.0. The van der Waals surface area contributed by atoms with Crippen LogP contribution in [-0.2, 0) is 4.74 Å². The summed E-state index contributed by atoms with van der Waals surface area (Å²) in [6.07, 6.45) is 2.20. The fourth-order valence-electron chi connectivity index (χ4n) is 3.64. The first kappa shape index (κ1) is 17.0. The lowest BCUT2D eigenvalue weighted by Crippen LogP contribution is -2.23. The van der Waals surface area contributed by atoms with Crippen LogP contribution in [-0.4, -0.2) is 44.6 Å². The molecule has 5 rings (SSSR count). The largest absolute Gasteiger partial charge is 0.381 e. The number of hydrogen-bond donors (Lipinski definition) is 3. The van der Waals surface area contributed by atoms with E-state index < -0.39 is 0 Å². The maximum absolute atomic E-state index is 5.44. The molecule has 3 N–H and O–H groups in total. The number of ether oxygens (including phenoxy) is 1. The van der Waals surface area contributed by atoms with E-state index in [0.29, 0.717) is 11.9 Å². The number of aryl methyl sites for hydroxylation is 1. The molecule has 0 atom stereocenters. The number of pyridine rings is 1. The summed E-state index contributed by atoms with van der Waals surface area (Å²) in [6.45, 7) is 4.64. The van der Waals surface area contributed by atoms with Crippen molar-refractivity contribution < 1.29 is 4.74 Å². The Morgan fingerprint density at radius 1 is 1.21 bits per heavy atom. The molecule has 4 aromatic rings. The summed E-state index contributed by atoms with van der Waals surface area (Å²) in [4.78, 5) is 4.60. The third kappa shape index (κ3) is 3.27. The maximum atomic E-state index is 5.44. The highest BCUT2D eigenvalue weighted by atomic mass is 16.5. The predicted molar refractivity (Wildman–Crippen MR) is 109 cm³/mol. The van der Waals surface area contributed by atoms with Gasteiger partial charge in [-0.05, 0) is 56.0 Å². The molecule has 1 aliphatic rings. The molecule has 8 heteroatoms. The van der Waals surface area contributed by atoms with Gasteiger partial charge >= 0.3 is 0 Å². The van der Waals surface area contributed by atoms with Gasteiger partial charge in [0.05, 0.1) is 5.52 Å². The fourth-order valence-corrected chi connectivity index (χ4v) is 3.64. The second-order valence-electron chi connectivity index (χ2n) is 7.26.